The second-order valence-corrected chi connectivity index (χ2v) is 9.49. The summed E-state index contributed by atoms with van der Waals surface area (Å²) in [6, 6.07) is 7.90. The van der Waals surface area contributed by atoms with Crippen LogP contribution in [0.5, 0.6) is 5.75 Å². The lowest BCUT2D eigenvalue weighted by Gasteiger charge is -2.32. The lowest BCUT2D eigenvalue weighted by Crippen LogP contribution is -2.43. The van der Waals surface area contributed by atoms with E-state index in [1.165, 1.54) is 5.56 Å². The molecule has 0 atom stereocenters. The van der Waals surface area contributed by atoms with Crippen LogP contribution in [0.15, 0.2) is 24.3 Å². The van der Waals surface area contributed by atoms with Crippen LogP contribution >= 0.6 is 0 Å². The molecule has 0 saturated carbocycles. The number of nitrogens with zero attached hydrogens (tertiary/aromatic N) is 1. The Kier molecular flexibility index (Phi) is 10.5. The Morgan fingerprint density at radius 2 is 1.73 bits per heavy atom. The Bertz CT molecular complexity index is 765. The molecule has 8 heteroatoms. The van der Waals surface area contributed by atoms with Crippen molar-refractivity contribution < 1.29 is 23.9 Å². The minimum atomic E-state index is -0.561. The van der Waals surface area contributed by atoms with Gasteiger partial charge in [-0.25, -0.2) is 4.79 Å². The molecular formula is C25H39N3O5. The summed E-state index contributed by atoms with van der Waals surface area (Å²) < 4.78 is 10.8. The highest BCUT2D eigenvalue weighted by molar-refractivity contribution is 5.78. The molecular weight excluding hydrogens is 422 g/mol. The van der Waals surface area contributed by atoms with Gasteiger partial charge in [0.1, 0.15) is 11.4 Å². The van der Waals surface area contributed by atoms with Crippen molar-refractivity contribution >= 4 is 17.9 Å². The number of amides is 3. The van der Waals surface area contributed by atoms with Gasteiger partial charge in [0.05, 0.1) is 0 Å². The van der Waals surface area contributed by atoms with Crippen LogP contribution in [-0.2, 0) is 20.7 Å². The van der Waals surface area contributed by atoms with Crippen molar-refractivity contribution in [2.24, 2.45) is 5.92 Å². The molecule has 8 nitrogen and oxygen atoms in total. The number of likely N-dealkylation sites (tertiary alicyclic amines) is 1. The van der Waals surface area contributed by atoms with Gasteiger partial charge in [0.15, 0.2) is 6.61 Å². The average Bonchev–Trinajstić information content (AvgIpc) is 2.76. The number of alkyl carbamates (subject to hydrolysis) is 1. The third-order valence-corrected chi connectivity index (χ3v) is 5.40. The standard InChI is InChI=1S/C25H39N3O5/c1-5-6-19-7-9-21(10-8-19)32-18-23(30)28-15-12-20(13-16-28)17-27-22(29)11-14-26-24(31)33-25(2,3)4/h7-10,20H,5-6,11-18H2,1-4H3,(H,26,31)(H,27,29). The highest BCUT2D eigenvalue weighted by Crippen LogP contribution is 2.18. The van der Waals surface area contributed by atoms with E-state index >= 15 is 0 Å². The number of carbonyl (C=O) groups is 3. The normalized spacial score (nSPS) is 14.5. The maximum Gasteiger partial charge on any atom is 0.407 e. The zero-order valence-corrected chi connectivity index (χ0v) is 20.4. The molecule has 33 heavy (non-hydrogen) atoms. The number of benzene rings is 1. The predicted molar refractivity (Wildman–Crippen MR) is 127 cm³/mol. The summed E-state index contributed by atoms with van der Waals surface area (Å²) in [5.74, 6) is 0.928. The fraction of sp³-hybridized carbons (Fsp3) is 0.640. The summed E-state index contributed by atoms with van der Waals surface area (Å²) in [6.07, 6.45) is 3.50. The SMILES string of the molecule is CCCc1ccc(OCC(=O)N2CCC(CNC(=O)CCNC(=O)OC(C)(C)C)CC2)cc1. The van der Waals surface area contributed by atoms with Gasteiger partial charge in [0.25, 0.3) is 5.91 Å². The summed E-state index contributed by atoms with van der Waals surface area (Å²) in [7, 11) is 0. The van der Waals surface area contributed by atoms with Gasteiger partial charge in [0, 0.05) is 32.6 Å². The van der Waals surface area contributed by atoms with Gasteiger partial charge in [-0.15, -0.1) is 0 Å². The Hall–Kier alpha value is -2.77. The minimum absolute atomic E-state index is 0.0108. The third kappa shape index (κ3) is 10.6. The van der Waals surface area contributed by atoms with Crippen LogP contribution in [0.2, 0.25) is 0 Å². The van der Waals surface area contributed by atoms with Crippen molar-refractivity contribution in [3.05, 3.63) is 29.8 Å². The van der Waals surface area contributed by atoms with Crippen LogP contribution in [0.3, 0.4) is 0 Å². The second-order valence-electron chi connectivity index (χ2n) is 9.49. The summed E-state index contributed by atoms with van der Waals surface area (Å²) in [6.45, 7) is 9.69. The fourth-order valence-corrected chi connectivity index (χ4v) is 3.60. The van der Waals surface area contributed by atoms with E-state index in [0.29, 0.717) is 31.3 Å². The van der Waals surface area contributed by atoms with Gasteiger partial charge < -0.3 is 25.0 Å². The number of ether oxygens (including phenoxy) is 2. The number of hydrogen-bond acceptors (Lipinski definition) is 5. The first-order chi connectivity index (χ1) is 15.7. The molecule has 0 aromatic heterocycles. The monoisotopic (exact) mass is 461 g/mol. The number of carbonyl (C=O) groups excluding carboxylic acids is 3. The lowest BCUT2D eigenvalue weighted by molar-refractivity contribution is -0.135. The zero-order chi connectivity index (χ0) is 24.3. The van der Waals surface area contributed by atoms with Crippen LogP contribution in [0, 0.1) is 5.92 Å². The summed E-state index contributed by atoms with van der Waals surface area (Å²) in [5.41, 5.74) is 0.707. The Morgan fingerprint density at radius 3 is 2.33 bits per heavy atom. The van der Waals surface area contributed by atoms with Gasteiger partial charge in [0.2, 0.25) is 5.91 Å². The van der Waals surface area contributed by atoms with E-state index < -0.39 is 11.7 Å². The van der Waals surface area contributed by atoms with Crippen LogP contribution < -0.4 is 15.4 Å². The molecule has 1 fully saturated rings. The largest absolute Gasteiger partial charge is 0.484 e. The van der Waals surface area contributed by atoms with Gasteiger partial charge in [-0.1, -0.05) is 25.5 Å². The van der Waals surface area contributed by atoms with Crippen molar-refractivity contribution in [1.29, 1.82) is 0 Å². The van der Waals surface area contributed by atoms with Crippen molar-refractivity contribution in [1.82, 2.24) is 15.5 Å². The van der Waals surface area contributed by atoms with E-state index in [-0.39, 0.29) is 31.4 Å². The summed E-state index contributed by atoms with van der Waals surface area (Å²) in [5, 5.41) is 5.50. The van der Waals surface area contributed by atoms with Gasteiger partial charge in [-0.2, -0.15) is 0 Å². The third-order valence-electron chi connectivity index (χ3n) is 5.40. The van der Waals surface area contributed by atoms with Crippen LogP contribution in [0.4, 0.5) is 4.79 Å². The number of aryl methyl sites for hydroxylation is 1. The molecule has 184 valence electrons. The quantitative estimate of drug-likeness (QED) is 0.557. The number of rotatable bonds is 10. The predicted octanol–water partition coefficient (Wildman–Crippen LogP) is 3.29. The molecule has 1 aromatic carbocycles. The van der Waals surface area contributed by atoms with Crippen molar-refractivity contribution in [3.8, 4) is 5.75 Å². The number of hydrogen-bond donors (Lipinski definition) is 2. The molecule has 2 N–H and O–H groups in total. The number of nitrogens with one attached hydrogen (secondary N) is 2. The Balaban J connectivity index is 1.58. The highest BCUT2D eigenvalue weighted by Gasteiger charge is 2.23. The van der Waals surface area contributed by atoms with Gasteiger partial charge >= 0.3 is 6.09 Å². The molecule has 0 unspecified atom stereocenters. The fourth-order valence-electron chi connectivity index (χ4n) is 3.60. The summed E-state index contributed by atoms with van der Waals surface area (Å²) in [4.78, 5) is 37.9. The van der Waals surface area contributed by atoms with Crippen molar-refractivity contribution in [2.45, 2.75) is 65.4 Å². The van der Waals surface area contributed by atoms with Crippen molar-refractivity contribution in [3.63, 3.8) is 0 Å². The zero-order valence-electron chi connectivity index (χ0n) is 20.4. The smallest absolute Gasteiger partial charge is 0.407 e. The summed E-state index contributed by atoms with van der Waals surface area (Å²) >= 11 is 0. The minimum Gasteiger partial charge on any atom is -0.484 e. The number of piperidine rings is 1. The second kappa shape index (κ2) is 13.1. The van der Waals surface area contributed by atoms with E-state index in [4.69, 9.17) is 9.47 Å². The van der Waals surface area contributed by atoms with Gasteiger partial charge in [-0.05, 0) is 63.6 Å². The first kappa shape index (κ1) is 26.5. The molecule has 1 saturated heterocycles. The molecule has 1 aromatic rings. The lowest BCUT2D eigenvalue weighted by atomic mass is 9.96. The van der Waals surface area contributed by atoms with E-state index in [2.05, 4.69) is 17.6 Å². The molecule has 1 aliphatic heterocycles. The molecule has 0 aliphatic carbocycles. The molecule has 0 radical (unpaired) electrons. The first-order valence-corrected chi connectivity index (χ1v) is 11.9. The maximum atomic E-state index is 12.5. The van der Waals surface area contributed by atoms with Crippen molar-refractivity contribution in [2.75, 3.05) is 32.8 Å². The molecule has 3 amide bonds. The van der Waals surface area contributed by atoms with Gasteiger partial charge in [-0.3, -0.25) is 9.59 Å². The van der Waals surface area contributed by atoms with Crippen LogP contribution in [0.1, 0.15) is 58.9 Å². The average molecular weight is 462 g/mol. The molecule has 1 aliphatic rings. The first-order valence-electron chi connectivity index (χ1n) is 11.9. The highest BCUT2D eigenvalue weighted by atomic mass is 16.6. The molecule has 2 rings (SSSR count). The van der Waals surface area contributed by atoms with E-state index in [1.54, 1.807) is 20.8 Å². The molecule has 0 bridgehead atoms. The Labute approximate surface area is 197 Å². The van der Waals surface area contributed by atoms with E-state index in [9.17, 15) is 14.4 Å². The molecule has 0 spiro atoms. The molecule has 1 heterocycles. The van der Waals surface area contributed by atoms with Crippen LogP contribution in [0.25, 0.3) is 0 Å². The van der Waals surface area contributed by atoms with E-state index in [0.717, 1.165) is 25.7 Å². The van der Waals surface area contributed by atoms with Crippen LogP contribution in [-0.4, -0.2) is 61.2 Å². The van der Waals surface area contributed by atoms with E-state index in [1.807, 2.05) is 29.2 Å². The maximum absolute atomic E-state index is 12.5. The topological polar surface area (TPSA) is 97.0 Å². The Morgan fingerprint density at radius 1 is 1.06 bits per heavy atom.